The van der Waals surface area contributed by atoms with E-state index in [0.717, 1.165) is 53.9 Å². The molecule has 0 atom stereocenters. The average Bonchev–Trinajstić information content (AvgIpc) is 2.80. The van der Waals surface area contributed by atoms with Crippen LogP contribution in [0.25, 0.3) is 0 Å². The second-order valence-electron chi connectivity index (χ2n) is 9.58. The summed E-state index contributed by atoms with van der Waals surface area (Å²) in [6, 6.07) is 16.1. The summed E-state index contributed by atoms with van der Waals surface area (Å²) in [4.78, 5) is 20.4. The molecule has 1 fully saturated rings. The molecule has 1 amide bonds. The Morgan fingerprint density at radius 1 is 0.897 bits per heavy atom. The van der Waals surface area contributed by atoms with Crippen molar-refractivity contribution < 1.29 is 14.9 Å². The van der Waals surface area contributed by atoms with Gasteiger partial charge in [0.25, 0.3) is 0 Å². The van der Waals surface area contributed by atoms with Gasteiger partial charge in [-0.15, -0.1) is 0 Å². The zero-order chi connectivity index (χ0) is 20.6. The Hall–Kier alpha value is -2.66. The van der Waals surface area contributed by atoms with Crippen LogP contribution in [0.15, 0.2) is 53.7 Å². The first kappa shape index (κ1) is 19.6. The van der Waals surface area contributed by atoms with E-state index >= 15 is 0 Å². The van der Waals surface area contributed by atoms with Crippen molar-refractivity contribution in [3.8, 4) is 0 Å². The highest BCUT2D eigenvalue weighted by molar-refractivity contribution is 5.98. The first-order valence-electron chi connectivity index (χ1n) is 10.3. The molecule has 5 nitrogen and oxygen atoms in total. The molecule has 2 aromatic rings. The zero-order valence-corrected chi connectivity index (χ0v) is 17.7. The molecule has 152 valence electrons. The lowest BCUT2D eigenvalue weighted by Gasteiger charge is -2.39. The van der Waals surface area contributed by atoms with Crippen molar-refractivity contribution in [2.45, 2.75) is 64.5 Å². The highest BCUT2D eigenvalue weighted by Gasteiger charge is 2.40. The number of nitrogens with two attached hydrogens (primary N) is 1. The van der Waals surface area contributed by atoms with Crippen molar-refractivity contribution in [3.63, 3.8) is 0 Å². The van der Waals surface area contributed by atoms with E-state index in [2.05, 4.69) is 50.3 Å². The van der Waals surface area contributed by atoms with Crippen LogP contribution in [0.3, 0.4) is 0 Å². The number of quaternary nitrogens is 1. The Labute approximate surface area is 172 Å². The van der Waals surface area contributed by atoms with E-state index in [4.69, 9.17) is 4.84 Å². The van der Waals surface area contributed by atoms with Crippen LogP contribution in [0.4, 0.5) is 16.2 Å². The van der Waals surface area contributed by atoms with Crippen LogP contribution in [0, 0.1) is 0 Å². The molecule has 29 heavy (non-hydrogen) atoms. The summed E-state index contributed by atoms with van der Waals surface area (Å²) in [5, 5.41) is 6.71. The maximum atomic E-state index is 13.2. The number of carbonyl (C=O) groups excluding carboxylic acids is 1. The summed E-state index contributed by atoms with van der Waals surface area (Å²) in [5.41, 5.74) is 5.04. The van der Waals surface area contributed by atoms with Crippen molar-refractivity contribution >= 4 is 23.2 Å². The number of rotatable bonds is 1. The van der Waals surface area contributed by atoms with Crippen LogP contribution in [0.1, 0.15) is 51.7 Å². The van der Waals surface area contributed by atoms with Gasteiger partial charge in [0, 0.05) is 12.8 Å². The van der Waals surface area contributed by atoms with E-state index in [1.165, 1.54) is 0 Å². The number of aryl methyl sites for hydroxylation is 2. The standard InChI is InChI=1S/C24H29N3O2/c1-23(2)15-19(16-24(3,4)26-23)25-29-22(28)27-20-11-7-5-9-17(20)13-14-18-10-6-8-12-21(18)27/h5-12,26H,13-16H2,1-4H3/p+1. The van der Waals surface area contributed by atoms with E-state index in [-0.39, 0.29) is 11.1 Å². The van der Waals surface area contributed by atoms with Gasteiger partial charge in [-0.2, -0.15) is 0 Å². The number of oxime groups is 1. The largest absolute Gasteiger partial charge is 0.445 e. The molecule has 0 radical (unpaired) electrons. The van der Waals surface area contributed by atoms with E-state index in [1.807, 2.05) is 36.4 Å². The minimum atomic E-state index is -0.454. The number of hydrogen-bond acceptors (Lipinski definition) is 3. The van der Waals surface area contributed by atoms with Gasteiger partial charge in [-0.05, 0) is 63.8 Å². The lowest BCUT2D eigenvalue weighted by Crippen LogP contribution is -3.05. The summed E-state index contributed by atoms with van der Waals surface area (Å²) in [5.74, 6) is 0. The molecule has 1 saturated heterocycles. The minimum Gasteiger partial charge on any atom is -0.337 e. The number of para-hydroxylation sites is 2. The predicted molar refractivity (Wildman–Crippen MR) is 116 cm³/mol. The molecular formula is C24H30N3O2+. The van der Waals surface area contributed by atoms with Gasteiger partial charge < -0.3 is 5.32 Å². The summed E-state index contributed by atoms with van der Waals surface area (Å²) >= 11 is 0. The molecule has 4 rings (SSSR count). The Kier molecular flexibility index (Phi) is 4.95. The Morgan fingerprint density at radius 3 is 1.90 bits per heavy atom. The molecule has 2 aliphatic rings. The van der Waals surface area contributed by atoms with Crippen molar-refractivity contribution in [2.24, 2.45) is 5.16 Å². The fourth-order valence-electron chi connectivity index (χ4n) is 4.96. The van der Waals surface area contributed by atoms with E-state index in [1.54, 1.807) is 4.90 Å². The topological polar surface area (TPSA) is 58.5 Å². The number of amides is 1. The fourth-order valence-corrected chi connectivity index (χ4v) is 4.96. The number of anilines is 2. The first-order chi connectivity index (χ1) is 13.7. The first-order valence-corrected chi connectivity index (χ1v) is 10.3. The highest BCUT2D eigenvalue weighted by Crippen LogP contribution is 2.36. The van der Waals surface area contributed by atoms with Crippen molar-refractivity contribution in [3.05, 3.63) is 59.7 Å². The maximum absolute atomic E-state index is 13.2. The van der Waals surface area contributed by atoms with Gasteiger partial charge in [0.2, 0.25) is 0 Å². The van der Waals surface area contributed by atoms with Crippen molar-refractivity contribution in [2.75, 3.05) is 4.90 Å². The van der Waals surface area contributed by atoms with Crippen LogP contribution in [-0.4, -0.2) is 22.9 Å². The summed E-state index contributed by atoms with van der Waals surface area (Å²) < 4.78 is 0. The van der Waals surface area contributed by atoms with E-state index in [9.17, 15) is 4.79 Å². The van der Waals surface area contributed by atoms with Crippen molar-refractivity contribution in [1.82, 2.24) is 0 Å². The SMILES string of the molecule is CC1(C)CC(=NOC(=O)N2c3ccccc3CCc3ccccc32)CC(C)(C)[NH2+]1. The number of benzene rings is 2. The molecule has 0 saturated carbocycles. The molecule has 2 heterocycles. The zero-order valence-electron chi connectivity index (χ0n) is 17.7. The second-order valence-corrected chi connectivity index (χ2v) is 9.58. The maximum Gasteiger partial charge on any atom is 0.445 e. The monoisotopic (exact) mass is 392 g/mol. The third-order valence-electron chi connectivity index (χ3n) is 5.66. The highest BCUT2D eigenvalue weighted by atomic mass is 16.7. The third kappa shape index (κ3) is 4.20. The molecule has 0 spiro atoms. The van der Waals surface area contributed by atoms with E-state index in [0.29, 0.717) is 0 Å². The smallest absolute Gasteiger partial charge is 0.337 e. The molecule has 0 unspecified atom stereocenters. The van der Waals surface area contributed by atoms with Crippen LogP contribution in [0.5, 0.6) is 0 Å². The Bertz CT molecular complexity index is 897. The van der Waals surface area contributed by atoms with Gasteiger partial charge in [0.05, 0.1) is 28.2 Å². The van der Waals surface area contributed by atoms with Crippen molar-refractivity contribution in [1.29, 1.82) is 0 Å². The van der Waals surface area contributed by atoms with E-state index < -0.39 is 6.09 Å². The molecule has 2 aromatic carbocycles. The van der Waals surface area contributed by atoms with Crippen LogP contribution >= 0.6 is 0 Å². The molecular weight excluding hydrogens is 362 g/mol. The summed E-state index contributed by atoms with van der Waals surface area (Å²) in [6.07, 6.45) is 2.94. The third-order valence-corrected chi connectivity index (χ3v) is 5.66. The van der Waals surface area contributed by atoms with Gasteiger partial charge in [-0.1, -0.05) is 41.6 Å². The molecule has 0 bridgehead atoms. The Morgan fingerprint density at radius 2 is 1.38 bits per heavy atom. The summed E-state index contributed by atoms with van der Waals surface area (Å²) in [6.45, 7) is 8.80. The molecule has 2 N–H and O–H groups in total. The number of hydrogen-bond donors (Lipinski definition) is 1. The van der Waals surface area contributed by atoms with Gasteiger partial charge in [-0.25, -0.2) is 9.69 Å². The van der Waals surface area contributed by atoms with Crippen LogP contribution in [-0.2, 0) is 17.7 Å². The predicted octanol–water partition coefficient (Wildman–Crippen LogP) is 4.33. The van der Waals surface area contributed by atoms with Gasteiger partial charge >= 0.3 is 6.09 Å². The lowest BCUT2D eigenvalue weighted by atomic mass is 9.81. The normalized spacial score (nSPS) is 19.6. The lowest BCUT2D eigenvalue weighted by molar-refractivity contribution is -0.780. The molecule has 0 aromatic heterocycles. The van der Waals surface area contributed by atoms with Gasteiger partial charge in [-0.3, -0.25) is 4.84 Å². The van der Waals surface area contributed by atoms with Gasteiger partial charge in [0.15, 0.2) is 0 Å². The van der Waals surface area contributed by atoms with Gasteiger partial charge in [0.1, 0.15) is 0 Å². The summed E-state index contributed by atoms with van der Waals surface area (Å²) in [7, 11) is 0. The van der Waals surface area contributed by atoms with Crippen LogP contribution in [0.2, 0.25) is 0 Å². The average molecular weight is 393 g/mol. The number of carbonyl (C=O) groups is 1. The quantitative estimate of drug-likeness (QED) is 0.580. The molecule has 0 aliphatic carbocycles. The number of nitrogens with zero attached hydrogens (tertiary/aromatic N) is 2. The fraction of sp³-hybridized carbons (Fsp3) is 0.417. The minimum absolute atomic E-state index is 0.0365. The number of fused-ring (bicyclic) bond motifs is 2. The number of piperidine rings is 1. The Balaban J connectivity index is 1.65. The second kappa shape index (κ2) is 7.30. The molecule has 2 aliphatic heterocycles. The van der Waals surface area contributed by atoms with Crippen LogP contribution < -0.4 is 10.2 Å². The molecule has 5 heteroatoms.